The maximum atomic E-state index is 11.8. The van der Waals surface area contributed by atoms with E-state index in [2.05, 4.69) is 16.2 Å². The summed E-state index contributed by atoms with van der Waals surface area (Å²) in [5.74, 6) is -1.08. The highest BCUT2D eigenvalue weighted by molar-refractivity contribution is 7.08. The summed E-state index contributed by atoms with van der Waals surface area (Å²) in [6.45, 7) is 0.178. The van der Waals surface area contributed by atoms with Crippen LogP contribution >= 0.6 is 22.9 Å². The van der Waals surface area contributed by atoms with Crippen molar-refractivity contribution in [2.24, 2.45) is 0 Å². The van der Waals surface area contributed by atoms with Gasteiger partial charge in [0.05, 0.1) is 0 Å². The summed E-state index contributed by atoms with van der Waals surface area (Å²) in [6.07, 6.45) is 0.0524. The van der Waals surface area contributed by atoms with Gasteiger partial charge in [-0.2, -0.15) is 11.3 Å². The molecule has 1 aromatic carbocycles. The Morgan fingerprint density at radius 2 is 1.70 bits per heavy atom. The van der Waals surface area contributed by atoms with Crippen molar-refractivity contribution in [1.82, 2.24) is 16.2 Å². The summed E-state index contributed by atoms with van der Waals surface area (Å²) >= 11 is 7.15. The first-order chi connectivity index (χ1) is 11.1. The molecule has 23 heavy (non-hydrogen) atoms. The molecule has 0 aliphatic carbocycles. The Morgan fingerprint density at radius 1 is 0.957 bits per heavy atom. The van der Waals surface area contributed by atoms with Gasteiger partial charge in [-0.25, -0.2) is 0 Å². The van der Waals surface area contributed by atoms with E-state index in [1.165, 1.54) is 11.3 Å². The second-order valence-electron chi connectivity index (χ2n) is 4.53. The molecule has 2 aromatic rings. The molecule has 0 aliphatic heterocycles. The monoisotopic (exact) mass is 351 g/mol. The van der Waals surface area contributed by atoms with Gasteiger partial charge in [-0.1, -0.05) is 11.6 Å². The maximum Gasteiger partial charge on any atom is 0.269 e. The average Bonchev–Trinajstić information content (AvgIpc) is 3.07. The number of benzene rings is 1. The van der Waals surface area contributed by atoms with E-state index in [1.807, 2.05) is 0 Å². The van der Waals surface area contributed by atoms with Crippen molar-refractivity contribution in [3.63, 3.8) is 0 Å². The first-order valence-electron chi connectivity index (χ1n) is 6.71. The maximum absolute atomic E-state index is 11.8. The molecule has 0 unspecified atom stereocenters. The molecule has 1 aromatic heterocycles. The van der Waals surface area contributed by atoms with Crippen LogP contribution in [0.5, 0.6) is 0 Å². The largest absolute Gasteiger partial charge is 0.351 e. The lowest BCUT2D eigenvalue weighted by molar-refractivity contribution is -0.121. The molecule has 0 bridgehead atoms. The molecule has 0 saturated carbocycles. The summed E-state index contributed by atoms with van der Waals surface area (Å²) in [5, 5.41) is 6.66. The zero-order valence-electron chi connectivity index (χ0n) is 12.0. The first-order valence-corrected chi connectivity index (χ1v) is 8.03. The number of nitrogens with one attached hydrogen (secondary N) is 3. The van der Waals surface area contributed by atoms with E-state index in [0.717, 1.165) is 0 Å². The Balaban J connectivity index is 1.68. The van der Waals surface area contributed by atoms with E-state index in [9.17, 15) is 14.4 Å². The summed E-state index contributed by atoms with van der Waals surface area (Å²) in [7, 11) is 0. The van der Waals surface area contributed by atoms with Crippen LogP contribution in [-0.4, -0.2) is 24.3 Å². The molecule has 2 rings (SSSR count). The highest BCUT2D eigenvalue weighted by atomic mass is 35.5. The third-order valence-electron chi connectivity index (χ3n) is 2.84. The van der Waals surface area contributed by atoms with Crippen molar-refractivity contribution in [2.75, 3.05) is 6.54 Å². The third kappa shape index (κ3) is 5.39. The smallest absolute Gasteiger partial charge is 0.269 e. The van der Waals surface area contributed by atoms with E-state index in [0.29, 0.717) is 16.1 Å². The number of halogens is 1. The molecular weight excluding hydrogens is 338 g/mol. The van der Waals surface area contributed by atoms with Crippen LogP contribution in [0.2, 0.25) is 5.02 Å². The second kappa shape index (κ2) is 8.30. The molecule has 0 atom stereocenters. The van der Waals surface area contributed by atoms with Gasteiger partial charge in [0.15, 0.2) is 0 Å². The van der Waals surface area contributed by atoms with Gasteiger partial charge in [-0.15, -0.1) is 0 Å². The summed E-state index contributed by atoms with van der Waals surface area (Å²) in [4.78, 5) is 35.0. The van der Waals surface area contributed by atoms with Crippen LogP contribution in [-0.2, 0) is 4.79 Å². The Hall–Kier alpha value is -2.38. The zero-order valence-corrected chi connectivity index (χ0v) is 13.5. The van der Waals surface area contributed by atoms with Gasteiger partial charge in [0.2, 0.25) is 5.91 Å². The van der Waals surface area contributed by atoms with E-state index in [-0.39, 0.29) is 18.9 Å². The van der Waals surface area contributed by atoms with Gasteiger partial charge in [0, 0.05) is 34.5 Å². The Bertz CT molecular complexity index is 687. The fourth-order valence-electron chi connectivity index (χ4n) is 1.65. The molecular formula is C15H14ClN3O3S. The SMILES string of the molecule is O=C(CCNC(=O)c1ccsc1)NNC(=O)c1ccc(Cl)cc1. The fraction of sp³-hybridized carbons (Fsp3) is 0.133. The molecule has 0 fully saturated rings. The topological polar surface area (TPSA) is 87.3 Å². The van der Waals surface area contributed by atoms with Crippen molar-refractivity contribution in [2.45, 2.75) is 6.42 Å². The van der Waals surface area contributed by atoms with Crippen molar-refractivity contribution < 1.29 is 14.4 Å². The van der Waals surface area contributed by atoms with E-state index in [1.54, 1.807) is 41.1 Å². The molecule has 0 saturated heterocycles. The normalized spacial score (nSPS) is 9.96. The van der Waals surface area contributed by atoms with Crippen LogP contribution < -0.4 is 16.2 Å². The molecule has 3 amide bonds. The van der Waals surface area contributed by atoms with Crippen LogP contribution in [0.1, 0.15) is 27.1 Å². The lowest BCUT2D eigenvalue weighted by atomic mass is 10.2. The van der Waals surface area contributed by atoms with Crippen molar-refractivity contribution in [1.29, 1.82) is 0 Å². The fourth-order valence-corrected chi connectivity index (χ4v) is 2.41. The Kier molecular flexibility index (Phi) is 6.13. The molecule has 6 nitrogen and oxygen atoms in total. The van der Waals surface area contributed by atoms with Crippen molar-refractivity contribution in [3.8, 4) is 0 Å². The lowest BCUT2D eigenvalue weighted by Gasteiger charge is -2.08. The molecule has 1 heterocycles. The van der Waals surface area contributed by atoms with E-state index < -0.39 is 11.8 Å². The van der Waals surface area contributed by atoms with E-state index in [4.69, 9.17) is 11.6 Å². The van der Waals surface area contributed by atoms with Gasteiger partial charge in [-0.3, -0.25) is 25.2 Å². The summed E-state index contributed by atoms with van der Waals surface area (Å²) < 4.78 is 0. The first kappa shape index (κ1) is 17.0. The summed E-state index contributed by atoms with van der Waals surface area (Å²) in [5.41, 5.74) is 5.51. The van der Waals surface area contributed by atoms with Crippen LogP contribution in [0.25, 0.3) is 0 Å². The van der Waals surface area contributed by atoms with Gasteiger partial charge in [0.1, 0.15) is 0 Å². The third-order valence-corrected chi connectivity index (χ3v) is 3.78. The van der Waals surface area contributed by atoms with Gasteiger partial charge < -0.3 is 5.32 Å². The zero-order chi connectivity index (χ0) is 16.7. The molecule has 8 heteroatoms. The number of carbonyl (C=O) groups is 3. The van der Waals surface area contributed by atoms with Crippen LogP contribution in [0.4, 0.5) is 0 Å². The van der Waals surface area contributed by atoms with E-state index >= 15 is 0 Å². The standard InChI is InChI=1S/C15H14ClN3O3S/c16-12-3-1-10(2-4-12)15(22)19-18-13(20)5-7-17-14(21)11-6-8-23-9-11/h1-4,6,8-9H,5,7H2,(H,17,21)(H,18,20)(H,19,22). The quantitative estimate of drug-likeness (QED) is 0.720. The van der Waals surface area contributed by atoms with Gasteiger partial charge in [-0.05, 0) is 35.7 Å². The lowest BCUT2D eigenvalue weighted by Crippen LogP contribution is -2.42. The molecule has 3 N–H and O–H groups in total. The highest BCUT2D eigenvalue weighted by Crippen LogP contribution is 2.09. The summed E-state index contributed by atoms with van der Waals surface area (Å²) in [6, 6.07) is 7.96. The predicted molar refractivity (Wildman–Crippen MR) is 88.3 cm³/mol. The second-order valence-corrected chi connectivity index (χ2v) is 5.74. The number of hydrogen-bond acceptors (Lipinski definition) is 4. The Morgan fingerprint density at radius 3 is 2.35 bits per heavy atom. The van der Waals surface area contributed by atoms with Crippen LogP contribution in [0.15, 0.2) is 41.1 Å². The highest BCUT2D eigenvalue weighted by Gasteiger charge is 2.09. The number of hydrogen-bond donors (Lipinski definition) is 3. The number of rotatable bonds is 5. The molecule has 120 valence electrons. The predicted octanol–water partition coefficient (Wildman–Crippen LogP) is 1.98. The average molecular weight is 352 g/mol. The number of amides is 3. The number of hydrazine groups is 1. The van der Waals surface area contributed by atoms with Gasteiger partial charge in [0.25, 0.3) is 11.8 Å². The molecule has 0 aliphatic rings. The van der Waals surface area contributed by atoms with Crippen molar-refractivity contribution in [3.05, 3.63) is 57.2 Å². The molecule has 0 spiro atoms. The van der Waals surface area contributed by atoms with Crippen LogP contribution in [0, 0.1) is 0 Å². The number of carbonyl (C=O) groups excluding carboxylic acids is 3. The number of thiophene rings is 1. The minimum absolute atomic E-state index is 0.0524. The minimum Gasteiger partial charge on any atom is -0.351 e. The van der Waals surface area contributed by atoms with Gasteiger partial charge >= 0.3 is 0 Å². The van der Waals surface area contributed by atoms with Crippen molar-refractivity contribution >= 4 is 40.7 Å². The Labute approximate surface area is 141 Å². The van der Waals surface area contributed by atoms with Crippen LogP contribution in [0.3, 0.4) is 0 Å². The minimum atomic E-state index is -0.447. The molecule has 0 radical (unpaired) electrons.